The second-order valence-electron chi connectivity index (χ2n) is 5.10. The van der Waals surface area contributed by atoms with Crippen molar-refractivity contribution in [2.75, 3.05) is 26.2 Å². The molecular formula is C15H24N2. The molecule has 94 valence electrons. The number of hydrogen-bond acceptors (Lipinski definition) is 2. The van der Waals surface area contributed by atoms with Crippen LogP contribution in [0, 0.1) is 13.8 Å². The third kappa shape index (κ3) is 3.55. The summed E-state index contributed by atoms with van der Waals surface area (Å²) in [4.78, 5) is 2.53. The normalized spacial score (nSPS) is 15.9. The molecule has 0 aromatic heterocycles. The quantitative estimate of drug-likeness (QED) is 0.758. The van der Waals surface area contributed by atoms with Gasteiger partial charge in [0.15, 0.2) is 0 Å². The molecule has 0 unspecified atom stereocenters. The van der Waals surface area contributed by atoms with Crippen molar-refractivity contribution in [1.82, 2.24) is 10.2 Å². The molecule has 0 radical (unpaired) electrons. The van der Waals surface area contributed by atoms with E-state index in [1.54, 1.807) is 0 Å². The number of hydrogen-bond donors (Lipinski definition) is 1. The summed E-state index contributed by atoms with van der Waals surface area (Å²) in [5.74, 6) is 0. The lowest BCUT2D eigenvalue weighted by Crippen LogP contribution is -2.38. The fourth-order valence-corrected chi connectivity index (χ4v) is 2.37. The van der Waals surface area contributed by atoms with E-state index >= 15 is 0 Å². The summed E-state index contributed by atoms with van der Waals surface area (Å²) in [6.45, 7) is 10.4. The van der Waals surface area contributed by atoms with Gasteiger partial charge in [0, 0.05) is 6.54 Å². The highest BCUT2D eigenvalue weighted by molar-refractivity contribution is 5.33. The first-order chi connectivity index (χ1) is 8.27. The molecular weight excluding hydrogens is 208 g/mol. The Balaban J connectivity index is 1.66. The molecule has 1 aromatic carbocycles. The van der Waals surface area contributed by atoms with Gasteiger partial charge in [0.25, 0.3) is 0 Å². The average molecular weight is 232 g/mol. The number of rotatable bonds is 6. The van der Waals surface area contributed by atoms with Crippen LogP contribution < -0.4 is 5.32 Å². The zero-order chi connectivity index (χ0) is 12.1. The minimum absolute atomic E-state index is 1.01. The van der Waals surface area contributed by atoms with Crippen molar-refractivity contribution in [2.24, 2.45) is 0 Å². The summed E-state index contributed by atoms with van der Waals surface area (Å²) >= 11 is 0. The third-order valence-electron chi connectivity index (χ3n) is 3.72. The van der Waals surface area contributed by atoms with Gasteiger partial charge >= 0.3 is 0 Å². The van der Waals surface area contributed by atoms with Crippen molar-refractivity contribution in [3.63, 3.8) is 0 Å². The van der Waals surface area contributed by atoms with Gasteiger partial charge in [-0.2, -0.15) is 0 Å². The summed E-state index contributed by atoms with van der Waals surface area (Å²) in [6.07, 6.45) is 2.67. The number of benzene rings is 1. The molecule has 1 heterocycles. The molecule has 1 fully saturated rings. The maximum Gasteiger partial charge on any atom is 0.0210 e. The van der Waals surface area contributed by atoms with Gasteiger partial charge in [0.1, 0.15) is 0 Å². The van der Waals surface area contributed by atoms with Crippen molar-refractivity contribution in [3.8, 4) is 0 Å². The Morgan fingerprint density at radius 2 is 1.88 bits per heavy atom. The number of nitrogens with one attached hydrogen (secondary N) is 1. The van der Waals surface area contributed by atoms with Crippen LogP contribution in [0.2, 0.25) is 0 Å². The predicted octanol–water partition coefficient (Wildman–Crippen LogP) is 2.49. The standard InChI is InChI=1S/C15H24N2/c1-13-6-3-7-14(2)15(13)12-16-8-4-9-17-10-5-11-17/h3,6-7,16H,4-5,8-12H2,1-2H3. The lowest BCUT2D eigenvalue weighted by Gasteiger charge is -2.30. The maximum absolute atomic E-state index is 3.56. The fourth-order valence-electron chi connectivity index (χ4n) is 2.37. The first kappa shape index (κ1) is 12.6. The van der Waals surface area contributed by atoms with E-state index in [0.29, 0.717) is 0 Å². The molecule has 2 heteroatoms. The van der Waals surface area contributed by atoms with Crippen molar-refractivity contribution in [1.29, 1.82) is 0 Å². The fraction of sp³-hybridized carbons (Fsp3) is 0.600. The summed E-state index contributed by atoms with van der Waals surface area (Å²) in [7, 11) is 0. The third-order valence-corrected chi connectivity index (χ3v) is 3.72. The van der Waals surface area contributed by atoms with Crippen LogP contribution >= 0.6 is 0 Å². The second-order valence-corrected chi connectivity index (χ2v) is 5.10. The SMILES string of the molecule is Cc1cccc(C)c1CNCCCN1CCC1. The van der Waals surface area contributed by atoms with Crippen molar-refractivity contribution in [3.05, 3.63) is 34.9 Å². The van der Waals surface area contributed by atoms with Gasteiger partial charge in [-0.05, 0) is 69.6 Å². The Hall–Kier alpha value is -0.860. The lowest BCUT2D eigenvalue weighted by molar-refractivity contribution is 0.179. The zero-order valence-corrected chi connectivity index (χ0v) is 11.1. The monoisotopic (exact) mass is 232 g/mol. The molecule has 0 saturated carbocycles. The molecule has 1 saturated heterocycles. The average Bonchev–Trinajstić information content (AvgIpc) is 2.24. The number of likely N-dealkylation sites (tertiary alicyclic amines) is 1. The second kappa shape index (κ2) is 6.18. The van der Waals surface area contributed by atoms with E-state index in [4.69, 9.17) is 0 Å². The van der Waals surface area contributed by atoms with E-state index in [1.165, 1.54) is 49.2 Å². The molecule has 1 aromatic rings. The molecule has 0 spiro atoms. The summed E-state index contributed by atoms with van der Waals surface area (Å²) < 4.78 is 0. The molecule has 2 nitrogen and oxygen atoms in total. The van der Waals surface area contributed by atoms with Crippen molar-refractivity contribution in [2.45, 2.75) is 33.2 Å². The smallest absolute Gasteiger partial charge is 0.0210 e. The van der Waals surface area contributed by atoms with Crippen LogP contribution in [0.3, 0.4) is 0 Å². The Kier molecular flexibility index (Phi) is 4.57. The predicted molar refractivity (Wildman–Crippen MR) is 73.3 cm³/mol. The van der Waals surface area contributed by atoms with E-state index < -0.39 is 0 Å². The van der Waals surface area contributed by atoms with E-state index in [-0.39, 0.29) is 0 Å². The van der Waals surface area contributed by atoms with Crippen LogP contribution in [0.1, 0.15) is 29.5 Å². The van der Waals surface area contributed by atoms with E-state index in [2.05, 4.69) is 42.3 Å². The van der Waals surface area contributed by atoms with Crippen molar-refractivity contribution < 1.29 is 0 Å². The van der Waals surface area contributed by atoms with Gasteiger partial charge in [-0.3, -0.25) is 0 Å². The van der Waals surface area contributed by atoms with Crippen molar-refractivity contribution >= 4 is 0 Å². The van der Waals surface area contributed by atoms with Crippen LogP contribution in [0.25, 0.3) is 0 Å². The largest absolute Gasteiger partial charge is 0.313 e. The molecule has 1 aliphatic heterocycles. The molecule has 17 heavy (non-hydrogen) atoms. The van der Waals surface area contributed by atoms with Gasteiger partial charge in [-0.15, -0.1) is 0 Å². The molecule has 1 N–H and O–H groups in total. The van der Waals surface area contributed by atoms with E-state index in [0.717, 1.165) is 13.1 Å². The highest BCUT2D eigenvalue weighted by Gasteiger charge is 2.11. The molecule has 0 atom stereocenters. The van der Waals surface area contributed by atoms with Crippen LogP contribution in [-0.2, 0) is 6.54 Å². The van der Waals surface area contributed by atoms with E-state index in [1.807, 2.05) is 0 Å². The Labute approximate surface area is 105 Å². The summed E-state index contributed by atoms with van der Waals surface area (Å²) in [5.41, 5.74) is 4.27. The molecule has 1 aliphatic rings. The maximum atomic E-state index is 3.56. The summed E-state index contributed by atoms with van der Waals surface area (Å²) in [6, 6.07) is 6.53. The number of nitrogens with zero attached hydrogens (tertiary/aromatic N) is 1. The van der Waals surface area contributed by atoms with Gasteiger partial charge in [-0.25, -0.2) is 0 Å². The highest BCUT2D eigenvalue weighted by atomic mass is 15.2. The van der Waals surface area contributed by atoms with Crippen LogP contribution in [0.5, 0.6) is 0 Å². The molecule has 0 amide bonds. The Morgan fingerprint density at radius 1 is 1.18 bits per heavy atom. The van der Waals surface area contributed by atoms with Gasteiger partial charge in [0.05, 0.1) is 0 Å². The first-order valence-electron chi connectivity index (χ1n) is 6.75. The lowest BCUT2D eigenvalue weighted by atomic mass is 10.0. The topological polar surface area (TPSA) is 15.3 Å². The highest BCUT2D eigenvalue weighted by Crippen LogP contribution is 2.12. The molecule has 0 bridgehead atoms. The van der Waals surface area contributed by atoms with Crippen LogP contribution in [0.15, 0.2) is 18.2 Å². The van der Waals surface area contributed by atoms with E-state index in [9.17, 15) is 0 Å². The minimum atomic E-state index is 1.01. The zero-order valence-electron chi connectivity index (χ0n) is 11.1. The molecule has 0 aliphatic carbocycles. The van der Waals surface area contributed by atoms with Crippen LogP contribution in [-0.4, -0.2) is 31.1 Å². The summed E-state index contributed by atoms with van der Waals surface area (Å²) in [5, 5.41) is 3.56. The Bertz CT molecular complexity index is 336. The molecule has 2 rings (SSSR count). The first-order valence-corrected chi connectivity index (χ1v) is 6.75. The van der Waals surface area contributed by atoms with Gasteiger partial charge in [0.2, 0.25) is 0 Å². The van der Waals surface area contributed by atoms with Gasteiger partial charge < -0.3 is 10.2 Å². The minimum Gasteiger partial charge on any atom is -0.313 e. The Morgan fingerprint density at radius 3 is 2.47 bits per heavy atom. The van der Waals surface area contributed by atoms with Crippen LogP contribution in [0.4, 0.5) is 0 Å². The van der Waals surface area contributed by atoms with Gasteiger partial charge in [-0.1, -0.05) is 18.2 Å². The number of aryl methyl sites for hydroxylation is 2.